The summed E-state index contributed by atoms with van der Waals surface area (Å²) in [6.07, 6.45) is -0.941. The molecule has 32 heavy (non-hydrogen) atoms. The lowest BCUT2D eigenvalue weighted by atomic mass is 9.91. The van der Waals surface area contributed by atoms with Crippen LogP contribution in [0.3, 0.4) is 0 Å². The molecule has 3 aromatic rings. The number of aryl methyl sites for hydroxylation is 1. The number of ether oxygens (including phenoxy) is 3. The van der Waals surface area contributed by atoms with Crippen molar-refractivity contribution in [2.45, 2.75) is 20.1 Å². The van der Waals surface area contributed by atoms with Crippen LogP contribution in [0.1, 0.15) is 23.7 Å². The van der Waals surface area contributed by atoms with Gasteiger partial charge in [0.15, 0.2) is 17.7 Å². The van der Waals surface area contributed by atoms with E-state index in [4.69, 9.17) is 25.0 Å². The second-order valence-corrected chi connectivity index (χ2v) is 8.79. The fraction of sp³-hybridized carbons (Fsp3) is 0.217. The Hall–Kier alpha value is -2.80. The van der Waals surface area contributed by atoms with Crippen molar-refractivity contribution in [1.29, 1.82) is 5.26 Å². The summed E-state index contributed by atoms with van der Waals surface area (Å²) in [5.74, 6) is 1.62. The van der Waals surface area contributed by atoms with Gasteiger partial charge in [0.05, 0.1) is 40.7 Å². The topological polar surface area (TPSA) is 95.3 Å². The lowest BCUT2D eigenvalue weighted by Gasteiger charge is -2.25. The van der Waals surface area contributed by atoms with E-state index in [1.807, 2.05) is 50.2 Å². The van der Waals surface area contributed by atoms with E-state index < -0.39 is 6.23 Å². The van der Waals surface area contributed by atoms with Crippen LogP contribution in [0.25, 0.3) is 11.3 Å². The molecular formula is C23H20Br2N4O3. The first-order valence-corrected chi connectivity index (χ1v) is 11.4. The quantitative estimate of drug-likeness (QED) is 0.466. The monoisotopic (exact) mass is 558 g/mol. The SMILES string of the molecule is CCOc1c(Br)cc(C2=C(C#N)C(N)Oc3c2c(C)nn3-c2ccc(Br)cc2)cc1OC. The number of nitriles is 1. The maximum Gasteiger partial charge on any atom is 0.226 e. The second kappa shape index (κ2) is 8.98. The summed E-state index contributed by atoms with van der Waals surface area (Å²) in [5.41, 5.74) is 10.2. The van der Waals surface area contributed by atoms with Crippen LogP contribution >= 0.6 is 31.9 Å². The fourth-order valence-corrected chi connectivity index (χ4v) is 4.50. The standard InChI is InChI=1S/C23H20Br2N4O3/c1-4-31-21-17(25)9-13(10-18(21)30-3)20-16(11-26)22(27)32-23-19(20)12(2)28-29(23)15-7-5-14(24)6-8-15/h5-10,22H,4,27H2,1-3H3. The van der Waals surface area contributed by atoms with Crippen molar-refractivity contribution in [2.75, 3.05) is 13.7 Å². The zero-order valence-corrected chi connectivity index (χ0v) is 20.8. The molecule has 0 amide bonds. The smallest absolute Gasteiger partial charge is 0.226 e. The minimum absolute atomic E-state index is 0.314. The van der Waals surface area contributed by atoms with Gasteiger partial charge in [-0.3, -0.25) is 5.73 Å². The molecule has 2 aromatic carbocycles. The van der Waals surface area contributed by atoms with E-state index in [1.165, 1.54) is 0 Å². The number of nitrogens with two attached hydrogens (primary N) is 1. The fourth-order valence-electron chi connectivity index (χ4n) is 3.68. The van der Waals surface area contributed by atoms with Crippen LogP contribution in [0.2, 0.25) is 0 Å². The van der Waals surface area contributed by atoms with Gasteiger partial charge in [-0.15, -0.1) is 0 Å². The van der Waals surface area contributed by atoms with Crippen molar-refractivity contribution in [3.8, 4) is 29.1 Å². The molecule has 164 valence electrons. The Bertz CT molecular complexity index is 1260. The summed E-state index contributed by atoms with van der Waals surface area (Å²) < 4.78 is 20.6. The molecule has 9 heteroatoms. The summed E-state index contributed by atoms with van der Waals surface area (Å²) in [6.45, 7) is 4.27. The highest BCUT2D eigenvalue weighted by molar-refractivity contribution is 9.10. The number of halogens is 2. The van der Waals surface area contributed by atoms with Gasteiger partial charge in [0.25, 0.3) is 0 Å². The van der Waals surface area contributed by atoms with E-state index in [0.717, 1.165) is 15.7 Å². The van der Waals surface area contributed by atoms with Gasteiger partial charge in [-0.25, -0.2) is 4.68 Å². The van der Waals surface area contributed by atoms with Crippen LogP contribution in [-0.4, -0.2) is 29.7 Å². The highest BCUT2D eigenvalue weighted by atomic mass is 79.9. The minimum atomic E-state index is -0.941. The van der Waals surface area contributed by atoms with Gasteiger partial charge >= 0.3 is 0 Å². The van der Waals surface area contributed by atoms with Gasteiger partial charge in [-0.2, -0.15) is 10.4 Å². The predicted octanol–water partition coefficient (Wildman–Crippen LogP) is 5.12. The summed E-state index contributed by atoms with van der Waals surface area (Å²) >= 11 is 7.02. The summed E-state index contributed by atoms with van der Waals surface area (Å²) in [4.78, 5) is 0. The molecule has 0 aliphatic carbocycles. The van der Waals surface area contributed by atoms with Gasteiger partial charge < -0.3 is 14.2 Å². The van der Waals surface area contributed by atoms with Gasteiger partial charge in [0.2, 0.25) is 5.88 Å². The Balaban J connectivity index is 1.97. The molecule has 7 nitrogen and oxygen atoms in total. The normalized spacial score (nSPS) is 15.1. The third-order valence-corrected chi connectivity index (χ3v) is 6.18. The van der Waals surface area contributed by atoms with Crippen molar-refractivity contribution in [3.63, 3.8) is 0 Å². The van der Waals surface area contributed by atoms with Crippen molar-refractivity contribution >= 4 is 37.4 Å². The van der Waals surface area contributed by atoms with Crippen LogP contribution in [-0.2, 0) is 0 Å². The van der Waals surface area contributed by atoms with E-state index in [0.29, 0.717) is 50.9 Å². The van der Waals surface area contributed by atoms with E-state index in [9.17, 15) is 5.26 Å². The van der Waals surface area contributed by atoms with Crippen molar-refractivity contribution in [2.24, 2.45) is 5.73 Å². The summed E-state index contributed by atoms with van der Waals surface area (Å²) in [5, 5.41) is 14.6. The molecule has 0 bridgehead atoms. The third kappa shape index (κ3) is 3.79. The Kier molecular flexibility index (Phi) is 6.29. The molecule has 1 aliphatic rings. The molecule has 1 unspecified atom stereocenters. The molecule has 4 rings (SSSR count). The average molecular weight is 560 g/mol. The van der Waals surface area contributed by atoms with E-state index in [1.54, 1.807) is 11.8 Å². The van der Waals surface area contributed by atoms with E-state index >= 15 is 0 Å². The zero-order chi connectivity index (χ0) is 23.0. The number of rotatable bonds is 5. The molecular weight excluding hydrogens is 540 g/mol. The summed E-state index contributed by atoms with van der Waals surface area (Å²) in [6, 6.07) is 13.6. The molecule has 0 saturated heterocycles. The van der Waals surface area contributed by atoms with Gasteiger partial charge in [-0.05, 0) is 71.7 Å². The number of aromatic nitrogens is 2. The third-order valence-electron chi connectivity index (χ3n) is 5.06. The minimum Gasteiger partial charge on any atom is -0.493 e. The molecule has 0 fully saturated rings. The van der Waals surface area contributed by atoms with Crippen LogP contribution in [0.5, 0.6) is 17.4 Å². The number of fused-ring (bicyclic) bond motifs is 1. The van der Waals surface area contributed by atoms with Crippen LogP contribution in [0.4, 0.5) is 0 Å². The van der Waals surface area contributed by atoms with Crippen LogP contribution in [0, 0.1) is 18.3 Å². The van der Waals surface area contributed by atoms with Crippen molar-refractivity contribution < 1.29 is 14.2 Å². The summed E-state index contributed by atoms with van der Waals surface area (Å²) in [7, 11) is 1.58. The lowest BCUT2D eigenvalue weighted by molar-refractivity contribution is 0.228. The highest BCUT2D eigenvalue weighted by Gasteiger charge is 2.34. The predicted molar refractivity (Wildman–Crippen MR) is 128 cm³/mol. The van der Waals surface area contributed by atoms with Crippen molar-refractivity contribution in [3.05, 3.63) is 67.7 Å². The Morgan fingerprint density at radius 2 is 1.97 bits per heavy atom. The van der Waals surface area contributed by atoms with Gasteiger partial charge in [0, 0.05) is 10.0 Å². The molecule has 1 aliphatic heterocycles. The van der Waals surface area contributed by atoms with Crippen LogP contribution < -0.4 is 19.9 Å². The molecule has 2 N–H and O–H groups in total. The molecule has 1 atom stereocenters. The molecule has 2 heterocycles. The molecule has 0 saturated carbocycles. The Morgan fingerprint density at radius 3 is 2.59 bits per heavy atom. The Morgan fingerprint density at radius 1 is 1.25 bits per heavy atom. The number of benzene rings is 2. The lowest BCUT2D eigenvalue weighted by Crippen LogP contribution is -2.33. The van der Waals surface area contributed by atoms with E-state index in [2.05, 4.69) is 37.9 Å². The second-order valence-electron chi connectivity index (χ2n) is 7.02. The Labute approximate surface area is 202 Å². The van der Waals surface area contributed by atoms with Gasteiger partial charge in [-0.1, -0.05) is 15.9 Å². The molecule has 0 spiro atoms. The van der Waals surface area contributed by atoms with Crippen molar-refractivity contribution in [1.82, 2.24) is 9.78 Å². The van der Waals surface area contributed by atoms with Gasteiger partial charge in [0.1, 0.15) is 6.07 Å². The number of methoxy groups -OCH3 is 1. The maximum absolute atomic E-state index is 9.93. The highest BCUT2D eigenvalue weighted by Crippen LogP contribution is 2.45. The first kappa shape index (κ1) is 22.4. The average Bonchev–Trinajstić information content (AvgIpc) is 3.10. The number of nitrogens with zero attached hydrogens (tertiary/aromatic N) is 3. The first-order valence-electron chi connectivity index (χ1n) is 9.82. The van der Waals surface area contributed by atoms with E-state index in [-0.39, 0.29) is 0 Å². The van der Waals surface area contributed by atoms with Crippen LogP contribution in [0.15, 0.2) is 50.9 Å². The first-order chi connectivity index (χ1) is 15.4. The zero-order valence-electron chi connectivity index (χ0n) is 17.6. The number of hydrogen-bond donors (Lipinski definition) is 1. The largest absolute Gasteiger partial charge is 0.493 e. The molecule has 1 aromatic heterocycles. The molecule has 0 radical (unpaired) electrons. The maximum atomic E-state index is 9.93. The number of hydrogen-bond acceptors (Lipinski definition) is 6.